The highest BCUT2D eigenvalue weighted by atomic mass is 35.5. The molecule has 1 aromatic rings. The number of carbonyl (C=O) groups excluding carboxylic acids is 3. The molecular formula is C15H22ClN3O4. The number of hydrogen-bond acceptors (Lipinski definition) is 5. The van der Waals surface area contributed by atoms with Crippen LogP contribution in [-0.4, -0.2) is 38.0 Å². The van der Waals surface area contributed by atoms with E-state index in [1.165, 1.54) is 7.11 Å². The van der Waals surface area contributed by atoms with Crippen molar-refractivity contribution in [3.8, 4) is 0 Å². The Kier molecular flexibility index (Phi) is 9.60. The fourth-order valence-electron chi connectivity index (χ4n) is 1.95. The normalized spacial score (nSPS) is 12.3. The van der Waals surface area contributed by atoms with Crippen molar-refractivity contribution in [3.63, 3.8) is 0 Å². The summed E-state index contributed by atoms with van der Waals surface area (Å²) in [7, 11) is 1.30. The summed E-state index contributed by atoms with van der Waals surface area (Å²) in [6.07, 6.45) is 0. The number of halogens is 1. The summed E-state index contributed by atoms with van der Waals surface area (Å²) in [4.78, 5) is 34.8. The second-order valence-electron chi connectivity index (χ2n) is 4.75. The fraction of sp³-hybridized carbons (Fsp3) is 0.400. The quantitative estimate of drug-likeness (QED) is 0.610. The van der Waals surface area contributed by atoms with Crippen LogP contribution in [0.3, 0.4) is 0 Å². The molecule has 0 bridgehead atoms. The largest absolute Gasteiger partial charge is 0.469 e. The average molecular weight is 344 g/mol. The van der Waals surface area contributed by atoms with Gasteiger partial charge in [-0.2, -0.15) is 0 Å². The number of hydrogen-bond donors (Lipinski definition) is 3. The molecule has 2 atom stereocenters. The number of benzene rings is 1. The summed E-state index contributed by atoms with van der Waals surface area (Å²) in [5, 5.41) is 5.11. The van der Waals surface area contributed by atoms with Crippen LogP contribution in [0.2, 0.25) is 0 Å². The monoisotopic (exact) mass is 343 g/mol. The molecular weight excluding hydrogens is 322 g/mol. The van der Waals surface area contributed by atoms with E-state index in [4.69, 9.17) is 10.5 Å². The van der Waals surface area contributed by atoms with E-state index in [1.54, 1.807) is 6.92 Å². The van der Waals surface area contributed by atoms with Crippen LogP contribution < -0.4 is 16.4 Å². The maximum atomic E-state index is 11.9. The highest BCUT2D eigenvalue weighted by Gasteiger charge is 2.27. The molecule has 0 aliphatic rings. The lowest BCUT2D eigenvalue weighted by molar-refractivity contribution is -0.146. The molecule has 0 heterocycles. The summed E-state index contributed by atoms with van der Waals surface area (Å²) in [6, 6.07) is 8.54. The van der Waals surface area contributed by atoms with Crippen LogP contribution in [0, 0.1) is 5.92 Å². The highest BCUT2D eigenvalue weighted by molar-refractivity contribution is 5.86. The Hall–Kier alpha value is -2.12. The van der Waals surface area contributed by atoms with E-state index in [2.05, 4.69) is 10.6 Å². The van der Waals surface area contributed by atoms with E-state index < -0.39 is 29.7 Å². The SMILES string of the molecule is COC(=O)C(C)C(NC(=O)CNC(=O)CN)c1ccccc1.Cl. The molecule has 0 spiro atoms. The van der Waals surface area contributed by atoms with Crippen LogP contribution in [0.5, 0.6) is 0 Å². The van der Waals surface area contributed by atoms with Crippen molar-refractivity contribution in [2.24, 2.45) is 11.7 Å². The van der Waals surface area contributed by atoms with Crippen LogP contribution in [0.25, 0.3) is 0 Å². The molecule has 2 amide bonds. The molecule has 1 rings (SSSR count). The van der Waals surface area contributed by atoms with Crippen molar-refractivity contribution < 1.29 is 19.1 Å². The van der Waals surface area contributed by atoms with E-state index >= 15 is 0 Å². The van der Waals surface area contributed by atoms with E-state index in [1.807, 2.05) is 30.3 Å². The highest BCUT2D eigenvalue weighted by Crippen LogP contribution is 2.22. The van der Waals surface area contributed by atoms with Gasteiger partial charge in [-0.3, -0.25) is 14.4 Å². The second kappa shape index (κ2) is 10.6. The van der Waals surface area contributed by atoms with Gasteiger partial charge in [0, 0.05) is 0 Å². The van der Waals surface area contributed by atoms with Gasteiger partial charge >= 0.3 is 5.97 Å². The Balaban J connectivity index is 0.00000484. The van der Waals surface area contributed by atoms with Gasteiger partial charge in [0.1, 0.15) is 0 Å². The zero-order chi connectivity index (χ0) is 16.5. The first kappa shape index (κ1) is 20.9. The van der Waals surface area contributed by atoms with Crippen LogP contribution in [0.15, 0.2) is 30.3 Å². The van der Waals surface area contributed by atoms with Gasteiger partial charge in [-0.05, 0) is 12.5 Å². The number of ether oxygens (including phenoxy) is 1. The average Bonchev–Trinajstić information content (AvgIpc) is 2.56. The summed E-state index contributed by atoms with van der Waals surface area (Å²) in [6.45, 7) is 1.28. The molecule has 0 radical (unpaired) electrons. The van der Waals surface area contributed by atoms with Gasteiger partial charge in [-0.1, -0.05) is 30.3 Å². The third kappa shape index (κ3) is 6.66. The number of esters is 1. The molecule has 0 saturated heterocycles. The van der Waals surface area contributed by atoms with Gasteiger partial charge in [0.25, 0.3) is 0 Å². The zero-order valence-electron chi connectivity index (χ0n) is 13.1. The van der Waals surface area contributed by atoms with Gasteiger partial charge in [0.15, 0.2) is 0 Å². The number of nitrogens with one attached hydrogen (secondary N) is 2. The van der Waals surface area contributed by atoms with Gasteiger partial charge < -0.3 is 21.1 Å². The molecule has 0 aliphatic heterocycles. The molecule has 23 heavy (non-hydrogen) atoms. The lowest BCUT2D eigenvalue weighted by Gasteiger charge is -2.24. The van der Waals surface area contributed by atoms with Crippen molar-refractivity contribution >= 4 is 30.2 Å². The van der Waals surface area contributed by atoms with Gasteiger partial charge in [-0.25, -0.2) is 0 Å². The Morgan fingerprint density at radius 3 is 2.30 bits per heavy atom. The summed E-state index contributed by atoms with van der Waals surface area (Å²) in [5.41, 5.74) is 5.93. The predicted octanol–water partition coefficient (Wildman–Crippen LogP) is 0.150. The summed E-state index contributed by atoms with van der Waals surface area (Å²) in [5.74, 6) is -1.83. The number of carbonyl (C=O) groups is 3. The maximum Gasteiger partial charge on any atom is 0.310 e. The predicted molar refractivity (Wildman–Crippen MR) is 87.8 cm³/mol. The van der Waals surface area contributed by atoms with Crippen molar-refractivity contribution in [1.82, 2.24) is 10.6 Å². The molecule has 0 aromatic heterocycles. The number of methoxy groups -OCH3 is 1. The molecule has 128 valence electrons. The van der Waals surface area contributed by atoms with E-state index in [0.29, 0.717) is 0 Å². The van der Waals surface area contributed by atoms with Crippen molar-refractivity contribution in [3.05, 3.63) is 35.9 Å². The van der Waals surface area contributed by atoms with Gasteiger partial charge in [0.05, 0.1) is 32.2 Å². The minimum Gasteiger partial charge on any atom is -0.469 e. The lowest BCUT2D eigenvalue weighted by Crippen LogP contribution is -2.43. The third-order valence-corrected chi connectivity index (χ3v) is 3.18. The van der Waals surface area contributed by atoms with Crippen molar-refractivity contribution in [1.29, 1.82) is 0 Å². The Bertz CT molecular complexity index is 525. The molecule has 7 nitrogen and oxygen atoms in total. The second-order valence-corrected chi connectivity index (χ2v) is 4.75. The fourth-order valence-corrected chi connectivity index (χ4v) is 1.95. The summed E-state index contributed by atoms with van der Waals surface area (Å²) >= 11 is 0. The Morgan fingerprint density at radius 2 is 1.78 bits per heavy atom. The minimum absolute atomic E-state index is 0. The molecule has 1 aromatic carbocycles. The first-order chi connectivity index (χ1) is 10.5. The Labute approximate surface area is 141 Å². The number of amides is 2. The van der Waals surface area contributed by atoms with E-state index in [0.717, 1.165) is 5.56 Å². The molecule has 2 unspecified atom stereocenters. The van der Waals surface area contributed by atoms with Crippen molar-refractivity contribution in [2.75, 3.05) is 20.2 Å². The van der Waals surface area contributed by atoms with Crippen LogP contribution in [-0.2, 0) is 19.1 Å². The topological polar surface area (TPSA) is 111 Å². The molecule has 0 aliphatic carbocycles. The van der Waals surface area contributed by atoms with Gasteiger partial charge in [0.2, 0.25) is 11.8 Å². The van der Waals surface area contributed by atoms with Gasteiger partial charge in [-0.15, -0.1) is 12.4 Å². The number of rotatable bonds is 7. The standard InChI is InChI=1S/C15H21N3O4.ClH/c1-10(15(21)22-2)14(11-6-4-3-5-7-11)18-13(20)9-17-12(19)8-16;/h3-7,10,14H,8-9,16H2,1-2H3,(H,17,19)(H,18,20);1H. The van der Waals surface area contributed by atoms with Crippen LogP contribution >= 0.6 is 12.4 Å². The lowest BCUT2D eigenvalue weighted by atomic mass is 9.94. The molecule has 4 N–H and O–H groups in total. The molecule has 8 heteroatoms. The number of nitrogens with two attached hydrogens (primary N) is 1. The minimum atomic E-state index is -0.568. The first-order valence-corrected chi connectivity index (χ1v) is 6.88. The first-order valence-electron chi connectivity index (χ1n) is 6.88. The van der Waals surface area contributed by atoms with Crippen LogP contribution in [0.1, 0.15) is 18.5 Å². The van der Waals surface area contributed by atoms with E-state index in [9.17, 15) is 14.4 Å². The Morgan fingerprint density at radius 1 is 1.17 bits per heavy atom. The van der Waals surface area contributed by atoms with Crippen LogP contribution in [0.4, 0.5) is 0 Å². The summed E-state index contributed by atoms with van der Waals surface area (Å²) < 4.78 is 4.74. The third-order valence-electron chi connectivity index (χ3n) is 3.18. The molecule has 0 saturated carbocycles. The maximum absolute atomic E-state index is 11.9. The molecule has 0 fully saturated rings. The van der Waals surface area contributed by atoms with Crippen molar-refractivity contribution in [2.45, 2.75) is 13.0 Å². The zero-order valence-corrected chi connectivity index (χ0v) is 13.9. The smallest absolute Gasteiger partial charge is 0.310 e. The van der Waals surface area contributed by atoms with E-state index in [-0.39, 0.29) is 25.5 Å².